The molecule has 3 N–H and O–H groups in total. The number of fused-ring (bicyclic) bond motifs is 5. The smallest absolute Gasteiger partial charge is 0.331 e. The van der Waals surface area contributed by atoms with Crippen LogP contribution in [0, 0.1) is 44.8 Å². The van der Waals surface area contributed by atoms with Crippen molar-refractivity contribution in [3.63, 3.8) is 0 Å². The van der Waals surface area contributed by atoms with Crippen molar-refractivity contribution in [1.82, 2.24) is 0 Å². The van der Waals surface area contributed by atoms with Crippen molar-refractivity contribution in [3.05, 3.63) is 23.3 Å². The van der Waals surface area contributed by atoms with Crippen molar-refractivity contribution in [3.8, 4) is 0 Å². The molecule has 0 aromatic carbocycles. The number of aliphatic hydroxyl groups excluding tert-OH is 2. The molecule has 2 fully saturated rings. The molecule has 192 valence electrons. The first-order valence-electron chi connectivity index (χ1n) is 13.6. The van der Waals surface area contributed by atoms with Gasteiger partial charge in [-0.1, -0.05) is 66.2 Å². The Hall–Kier alpha value is -1.13. The summed E-state index contributed by atoms with van der Waals surface area (Å²) in [5, 5.41) is 30.6. The fourth-order valence-electron chi connectivity index (χ4n) is 9.45. The van der Waals surface area contributed by atoms with E-state index < -0.39 is 5.97 Å². The van der Waals surface area contributed by atoms with E-state index in [9.17, 15) is 20.1 Å². The zero-order valence-electron chi connectivity index (χ0n) is 22.6. The second kappa shape index (κ2) is 8.20. The van der Waals surface area contributed by atoms with Crippen LogP contribution < -0.4 is 0 Å². The lowest BCUT2D eigenvalue weighted by Gasteiger charge is -2.69. The minimum absolute atomic E-state index is 0.0665. The minimum atomic E-state index is -0.793. The predicted molar refractivity (Wildman–Crippen MR) is 136 cm³/mol. The van der Waals surface area contributed by atoms with Gasteiger partial charge >= 0.3 is 5.97 Å². The molecule has 4 rings (SSSR count). The largest absolute Gasteiger partial charge is 0.478 e. The maximum atomic E-state index is 12.3. The van der Waals surface area contributed by atoms with Crippen LogP contribution in [-0.4, -0.2) is 34.0 Å². The van der Waals surface area contributed by atoms with E-state index in [2.05, 4.69) is 54.5 Å². The van der Waals surface area contributed by atoms with Crippen molar-refractivity contribution in [2.45, 2.75) is 106 Å². The van der Waals surface area contributed by atoms with Gasteiger partial charge in [0.05, 0.1) is 6.10 Å². The van der Waals surface area contributed by atoms with Gasteiger partial charge in [0, 0.05) is 18.1 Å². The fourth-order valence-corrected chi connectivity index (χ4v) is 9.45. The highest BCUT2D eigenvalue weighted by Crippen LogP contribution is 2.73. The van der Waals surface area contributed by atoms with Crippen molar-refractivity contribution >= 4 is 5.97 Å². The molecule has 0 saturated heterocycles. The SMILES string of the molecule is CC(C)(CCO)C[C@@H]1C(C(=O)O)=CC[C@]2(C)C1=CC[C@@H]1[C@@]3(C)CC[C@H](O)C(C)(C)[C@@H]3CC[C@]12C. The van der Waals surface area contributed by atoms with Crippen molar-refractivity contribution in [2.24, 2.45) is 44.8 Å². The second-order valence-corrected chi connectivity index (χ2v) is 14.2. The van der Waals surface area contributed by atoms with Gasteiger partial charge in [0.2, 0.25) is 0 Å². The van der Waals surface area contributed by atoms with Crippen LogP contribution in [0.1, 0.15) is 99.8 Å². The average Bonchev–Trinajstić information content (AvgIpc) is 2.71. The Kier molecular flexibility index (Phi) is 6.26. The quantitative estimate of drug-likeness (QED) is 0.406. The van der Waals surface area contributed by atoms with E-state index in [-0.39, 0.29) is 45.7 Å². The molecule has 0 amide bonds. The average molecular weight is 473 g/mol. The van der Waals surface area contributed by atoms with E-state index in [1.807, 2.05) is 6.08 Å². The van der Waals surface area contributed by atoms with Crippen molar-refractivity contribution in [1.29, 1.82) is 0 Å². The molecule has 0 aromatic heterocycles. The molecule has 0 spiro atoms. The Morgan fingerprint density at radius 1 is 1.06 bits per heavy atom. The van der Waals surface area contributed by atoms with Crippen LogP contribution in [0.25, 0.3) is 0 Å². The van der Waals surface area contributed by atoms with E-state index in [0.717, 1.165) is 44.9 Å². The van der Waals surface area contributed by atoms with Crippen LogP contribution in [0.3, 0.4) is 0 Å². The molecule has 4 aliphatic carbocycles. The molecule has 4 heteroatoms. The molecule has 0 bridgehead atoms. The van der Waals surface area contributed by atoms with Crippen LogP contribution >= 0.6 is 0 Å². The monoisotopic (exact) mass is 472 g/mol. The summed E-state index contributed by atoms with van der Waals surface area (Å²) in [7, 11) is 0. The Morgan fingerprint density at radius 2 is 1.74 bits per heavy atom. The molecule has 0 aliphatic heterocycles. The highest BCUT2D eigenvalue weighted by atomic mass is 16.4. The Labute approximate surface area is 206 Å². The van der Waals surface area contributed by atoms with Gasteiger partial charge in [-0.3, -0.25) is 0 Å². The van der Waals surface area contributed by atoms with Gasteiger partial charge in [0.15, 0.2) is 0 Å². The fraction of sp³-hybridized carbons (Fsp3) is 0.833. The minimum Gasteiger partial charge on any atom is -0.478 e. The standard InChI is InChI=1S/C30H48O4/c1-26(2,16-17-31)18-20-19(25(33)34)10-14-29(6)21(20)8-9-23-28(5)13-12-24(32)27(3,4)22(28)11-15-30(23,29)7/h8,10,20,22-24,31-32H,9,11-18H2,1-7H3,(H,33,34)/t20-,22+,23-,24+,28+,29-,30-/m1/s1. The number of carboxylic acids is 1. The molecular weight excluding hydrogens is 424 g/mol. The molecule has 2 saturated carbocycles. The number of carboxylic acid groups (broad SMARTS) is 1. The van der Waals surface area contributed by atoms with Crippen LogP contribution in [0.5, 0.6) is 0 Å². The maximum Gasteiger partial charge on any atom is 0.331 e. The summed E-state index contributed by atoms with van der Waals surface area (Å²) in [6.45, 7) is 16.4. The van der Waals surface area contributed by atoms with Gasteiger partial charge in [-0.05, 0) is 90.3 Å². The van der Waals surface area contributed by atoms with E-state index in [1.165, 1.54) is 5.57 Å². The molecule has 7 atom stereocenters. The third-order valence-corrected chi connectivity index (χ3v) is 11.8. The Morgan fingerprint density at radius 3 is 2.35 bits per heavy atom. The second-order valence-electron chi connectivity index (χ2n) is 14.2. The number of rotatable bonds is 5. The molecule has 0 radical (unpaired) electrons. The molecule has 4 aliphatic rings. The first-order chi connectivity index (χ1) is 15.6. The number of aliphatic hydroxyl groups is 2. The number of hydrogen-bond acceptors (Lipinski definition) is 3. The zero-order chi connectivity index (χ0) is 25.3. The summed E-state index contributed by atoms with van der Waals surface area (Å²) in [6.07, 6.45) is 11.7. The number of aliphatic carboxylic acids is 1. The lowest BCUT2D eigenvalue weighted by Crippen LogP contribution is -2.63. The summed E-state index contributed by atoms with van der Waals surface area (Å²) in [6, 6.07) is 0. The predicted octanol–water partition coefficient (Wildman–Crippen LogP) is 6.37. The van der Waals surface area contributed by atoms with Crippen LogP contribution in [0.2, 0.25) is 0 Å². The van der Waals surface area contributed by atoms with Gasteiger partial charge < -0.3 is 15.3 Å². The molecule has 0 heterocycles. The van der Waals surface area contributed by atoms with Gasteiger partial charge in [-0.15, -0.1) is 0 Å². The van der Waals surface area contributed by atoms with Gasteiger partial charge in [-0.25, -0.2) is 4.79 Å². The molecule has 4 nitrogen and oxygen atoms in total. The topological polar surface area (TPSA) is 77.8 Å². The van der Waals surface area contributed by atoms with Gasteiger partial charge in [0.25, 0.3) is 0 Å². The van der Waals surface area contributed by atoms with E-state index in [1.54, 1.807) is 0 Å². The van der Waals surface area contributed by atoms with E-state index in [0.29, 0.717) is 23.8 Å². The highest BCUT2D eigenvalue weighted by molar-refractivity contribution is 5.88. The summed E-state index contributed by atoms with van der Waals surface area (Å²) >= 11 is 0. The van der Waals surface area contributed by atoms with E-state index in [4.69, 9.17) is 0 Å². The summed E-state index contributed by atoms with van der Waals surface area (Å²) < 4.78 is 0. The van der Waals surface area contributed by atoms with Crippen LogP contribution in [-0.2, 0) is 4.79 Å². The zero-order valence-corrected chi connectivity index (χ0v) is 22.6. The molecule has 34 heavy (non-hydrogen) atoms. The van der Waals surface area contributed by atoms with Crippen molar-refractivity contribution in [2.75, 3.05) is 6.61 Å². The molecular formula is C30H48O4. The lowest BCUT2D eigenvalue weighted by molar-refractivity contribution is -0.195. The Balaban J connectivity index is 1.78. The van der Waals surface area contributed by atoms with E-state index >= 15 is 0 Å². The summed E-state index contributed by atoms with van der Waals surface area (Å²) in [5.41, 5.74) is 1.91. The van der Waals surface area contributed by atoms with Crippen molar-refractivity contribution < 1.29 is 20.1 Å². The lowest BCUT2D eigenvalue weighted by atomic mass is 9.35. The Bertz CT molecular complexity index is 897. The summed E-state index contributed by atoms with van der Waals surface area (Å²) in [5.74, 6) is 0.156. The highest BCUT2D eigenvalue weighted by Gasteiger charge is 2.66. The number of carbonyl (C=O) groups is 1. The maximum absolute atomic E-state index is 12.3. The van der Waals surface area contributed by atoms with Crippen LogP contribution in [0.15, 0.2) is 23.3 Å². The summed E-state index contributed by atoms with van der Waals surface area (Å²) in [4.78, 5) is 12.3. The number of allylic oxidation sites excluding steroid dienone is 3. The van der Waals surface area contributed by atoms with Crippen LogP contribution in [0.4, 0.5) is 0 Å². The first kappa shape index (κ1) is 25.9. The third kappa shape index (κ3) is 3.57. The normalized spacial score (nSPS) is 43.7. The first-order valence-corrected chi connectivity index (χ1v) is 13.6. The van der Waals surface area contributed by atoms with Gasteiger partial charge in [0.1, 0.15) is 0 Å². The third-order valence-electron chi connectivity index (χ3n) is 11.8. The van der Waals surface area contributed by atoms with Gasteiger partial charge in [-0.2, -0.15) is 0 Å². The molecule has 0 unspecified atom stereocenters. The number of hydrogen-bond donors (Lipinski definition) is 3. The molecule has 0 aromatic rings.